The van der Waals surface area contributed by atoms with E-state index in [-0.39, 0.29) is 18.4 Å². The summed E-state index contributed by atoms with van der Waals surface area (Å²) in [5.74, 6) is -0.399. The van der Waals surface area contributed by atoms with Crippen LogP contribution in [0.4, 0.5) is 11.4 Å². The molecule has 0 aliphatic heterocycles. The molecule has 5 nitrogen and oxygen atoms in total. The average molecular weight is 428 g/mol. The molecule has 0 saturated heterocycles. The van der Waals surface area contributed by atoms with Crippen LogP contribution in [0, 0.1) is 0 Å². The van der Waals surface area contributed by atoms with Gasteiger partial charge in [0.1, 0.15) is 0 Å². The van der Waals surface area contributed by atoms with Crippen LogP contribution in [-0.2, 0) is 11.3 Å². The van der Waals surface area contributed by atoms with Crippen molar-refractivity contribution in [3.63, 3.8) is 0 Å². The lowest BCUT2D eigenvalue weighted by Gasteiger charge is -2.10. The van der Waals surface area contributed by atoms with Crippen LogP contribution in [0.1, 0.15) is 15.9 Å². The third-order valence-electron chi connectivity index (χ3n) is 4.04. The molecule has 3 aromatic rings. The van der Waals surface area contributed by atoms with Crippen LogP contribution in [0.3, 0.4) is 0 Å². The lowest BCUT2D eigenvalue weighted by atomic mass is 10.1. The van der Waals surface area contributed by atoms with Crippen LogP contribution in [0.5, 0.6) is 0 Å². The Labute approximate surface area is 179 Å². The molecular formula is C22H19Cl2N3O2. The SMILES string of the molecule is O=C(CNc1ccc(C(=O)NCc2ccccc2)cc1)Nc1cc(Cl)cc(Cl)c1. The van der Waals surface area contributed by atoms with Crippen molar-refractivity contribution in [1.82, 2.24) is 5.32 Å². The number of carbonyl (C=O) groups is 2. The van der Waals surface area contributed by atoms with Gasteiger partial charge in [0.05, 0.1) is 6.54 Å². The molecular weight excluding hydrogens is 409 g/mol. The molecule has 148 valence electrons. The highest BCUT2D eigenvalue weighted by molar-refractivity contribution is 6.35. The molecule has 0 bridgehead atoms. The van der Waals surface area contributed by atoms with Crippen molar-refractivity contribution >= 4 is 46.4 Å². The third-order valence-corrected chi connectivity index (χ3v) is 4.48. The summed E-state index contributed by atoms with van der Waals surface area (Å²) < 4.78 is 0. The minimum absolute atomic E-state index is 0.0592. The maximum atomic E-state index is 12.2. The number of nitrogens with one attached hydrogen (secondary N) is 3. The van der Waals surface area contributed by atoms with Crippen molar-refractivity contribution in [2.45, 2.75) is 6.54 Å². The lowest BCUT2D eigenvalue weighted by molar-refractivity contribution is -0.114. The van der Waals surface area contributed by atoms with Crippen molar-refractivity contribution in [3.05, 3.63) is 94.0 Å². The monoisotopic (exact) mass is 427 g/mol. The molecule has 0 radical (unpaired) electrons. The Hall–Kier alpha value is -3.02. The zero-order valence-corrected chi connectivity index (χ0v) is 16.9. The van der Waals surface area contributed by atoms with Crippen molar-refractivity contribution in [1.29, 1.82) is 0 Å². The molecule has 0 aliphatic rings. The average Bonchev–Trinajstić information content (AvgIpc) is 2.71. The highest BCUT2D eigenvalue weighted by Crippen LogP contribution is 2.22. The molecule has 0 aromatic heterocycles. The largest absolute Gasteiger partial charge is 0.376 e. The molecule has 0 saturated carbocycles. The van der Waals surface area contributed by atoms with E-state index in [1.165, 1.54) is 0 Å². The Morgan fingerprint density at radius 1 is 0.793 bits per heavy atom. The summed E-state index contributed by atoms with van der Waals surface area (Å²) in [5.41, 5.74) is 2.83. The first kappa shape index (κ1) is 20.7. The number of amides is 2. The van der Waals surface area contributed by atoms with Gasteiger partial charge in [-0.05, 0) is 48.0 Å². The zero-order valence-electron chi connectivity index (χ0n) is 15.4. The summed E-state index contributed by atoms with van der Waals surface area (Å²) in [6, 6.07) is 21.4. The lowest BCUT2D eigenvalue weighted by Crippen LogP contribution is -2.23. The molecule has 7 heteroatoms. The number of rotatable bonds is 7. The second kappa shape index (κ2) is 9.96. The molecule has 0 aliphatic carbocycles. The van der Waals surface area contributed by atoms with Crippen LogP contribution in [-0.4, -0.2) is 18.4 Å². The van der Waals surface area contributed by atoms with Crippen molar-refractivity contribution < 1.29 is 9.59 Å². The summed E-state index contributed by atoms with van der Waals surface area (Å²) in [6.45, 7) is 0.525. The summed E-state index contributed by atoms with van der Waals surface area (Å²) >= 11 is 11.8. The fraction of sp³-hybridized carbons (Fsp3) is 0.0909. The van der Waals surface area contributed by atoms with E-state index in [0.717, 1.165) is 11.3 Å². The Balaban J connectivity index is 1.48. The van der Waals surface area contributed by atoms with Gasteiger partial charge in [0.25, 0.3) is 5.91 Å². The second-order valence-corrected chi connectivity index (χ2v) is 7.18. The summed E-state index contributed by atoms with van der Waals surface area (Å²) in [7, 11) is 0. The van der Waals surface area contributed by atoms with E-state index in [9.17, 15) is 9.59 Å². The standard InChI is InChI=1S/C22H19Cl2N3O2/c23-17-10-18(24)12-20(11-17)27-21(28)14-25-19-8-6-16(7-9-19)22(29)26-13-15-4-2-1-3-5-15/h1-12,25H,13-14H2,(H,26,29)(H,27,28). The smallest absolute Gasteiger partial charge is 0.251 e. The molecule has 3 N–H and O–H groups in total. The molecule has 0 heterocycles. The van der Waals surface area contributed by atoms with E-state index in [4.69, 9.17) is 23.2 Å². The maximum Gasteiger partial charge on any atom is 0.251 e. The number of hydrogen-bond donors (Lipinski definition) is 3. The van der Waals surface area contributed by atoms with Gasteiger partial charge in [-0.15, -0.1) is 0 Å². The first-order valence-corrected chi connectivity index (χ1v) is 9.67. The number of carbonyl (C=O) groups excluding carboxylic acids is 2. The highest BCUT2D eigenvalue weighted by Gasteiger charge is 2.07. The molecule has 3 rings (SSSR count). The number of benzene rings is 3. The van der Waals surface area contributed by atoms with Gasteiger partial charge >= 0.3 is 0 Å². The van der Waals surface area contributed by atoms with Gasteiger partial charge in [-0.25, -0.2) is 0 Å². The van der Waals surface area contributed by atoms with Gasteiger partial charge in [0, 0.05) is 33.5 Å². The van der Waals surface area contributed by atoms with E-state index < -0.39 is 0 Å². The van der Waals surface area contributed by atoms with E-state index in [2.05, 4.69) is 16.0 Å². The third kappa shape index (κ3) is 6.52. The second-order valence-electron chi connectivity index (χ2n) is 6.31. The maximum absolute atomic E-state index is 12.2. The molecule has 3 aromatic carbocycles. The normalized spacial score (nSPS) is 10.3. The van der Waals surface area contributed by atoms with E-state index >= 15 is 0 Å². The Kier molecular flexibility index (Phi) is 7.11. The topological polar surface area (TPSA) is 70.2 Å². The first-order chi connectivity index (χ1) is 14.0. The minimum Gasteiger partial charge on any atom is -0.376 e. The van der Waals surface area contributed by atoms with Crippen LogP contribution in [0.15, 0.2) is 72.8 Å². The Bertz CT molecular complexity index is 972. The van der Waals surface area contributed by atoms with Crippen LogP contribution in [0.25, 0.3) is 0 Å². The fourth-order valence-electron chi connectivity index (χ4n) is 2.63. The zero-order chi connectivity index (χ0) is 20.6. The number of anilines is 2. The molecule has 29 heavy (non-hydrogen) atoms. The minimum atomic E-state index is -0.243. The van der Waals surface area contributed by atoms with Gasteiger partial charge in [-0.2, -0.15) is 0 Å². The highest BCUT2D eigenvalue weighted by atomic mass is 35.5. The predicted molar refractivity (Wildman–Crippen MR) is 118 cm³/mol. The quantitative estimate of drug-likeness (QED) is 0.498. The first-order valence-electron chi connectivity index (χ1n) is 8.91. The molecule has 0 fully saturated rings. The van der Waals surface area contributed by atoms with E-state index in [1.807, 2.05) is 30.3 Å². The van der Waals surface area contributed by atoms with Crippen molar-refractivity contribution in [3.8, 4) is 0 Å². The number of hydrogen-bond acceptors (Lipinski definition) is 3. The van der Waals surface area contributed by atoms with Crippen LogP contribution in [0.2, 0.25) is 10.0 Å². The summed E-state index contributed by atoms with van der Waals surface area (Å²) in [4.78, 5) is 24.3. The van der Waals surface area contributed by atoms with Gasteiger partial charge < -0.3 is 16.0 Å². The van der Waals surface area contributed by atoms with Crippen molar-refractivity contribution in [2.24, 2.45) is 0 Å². The van der Waals surface area contributed by atoms with E-state index in [1.54, 1.807) is 42.5 Å². The van der Waals surface area contributed by atoms with Crippen molar-refractivity contribution in [2.75, 3.05) is 17.2 Å². The van der Waals surface area contributed by atoms with Gasteiger partial charge in [-0.1, -0.05) is 53.5 Å². The predicted octanol–water partition coefficient (Wildman–Crippen LogP) is 4.97. The molecule has 0 unspecified atom stereocenters. The number of halogens is 2. The molecule has 0 spiro atoms. The fourth-order valence-corrected chi connectivity index (χ4v) is 3.16. The van der Waals surface area contributed by atoms with Gasteiger partial charge in [0.2, 0.25) is 5.91 Å². The van der Waals surface area contributed by atoms with Gasteiger partial charge in [-0.3, -0.25) is 9.59 Å². The molecule has 0 atom stereocenters. The Morgan fingerprint density at radius 2 is 1.45 bits per heavy atom. The molecule has 2 amide bonds. The van der Waals surface area contributed by atoms with E-state index in [0.29, 0.717) is 27.8 Å². The Morgan fingerprint density at radius 3 is 2.10 bits per heavy atom. The summed E-state index contributed by atoms with van der Waals surface area (Å²) in [5, 5.41) is 9.50. The van der Waals surface area contributed by atoms with Crippen LogP contribution >= 0.6 is 23.2 Å². The van der Waals surface area contributed by atoms with Crippen LogP contribution < -0.4 is 16.0 Å². The van der Waals surface area contributed by atoms with Gasteiger partial charge in [0.15, 0.2) is 0 Å². The summed E-state index contributed by atoms with van der Waals surface area (Å²) in [6.07, 6.45) is 0.